The normalized spacial score (nSPS) is 16.2. The molecule has 0 N–H and O–H groups in total. The zero-order valence-corrected chi connectivity index (χ0v) is 10.4. The molecule has 4 heteroatoms. The molecule has 0 heterocycles. The van der Waals surface area contributed by atoms with Crippen LogP contribution in [0.1, 0.15) is 24.8 Å². The molecule has 1 aromatic carbocycles. The summed E-state index contributed by atoms with van der Waals surface area (Å²) in [5.74, 6) is -0.445. The van der Waals surface area contributed by atoms with Gasteiger partial charge in [0, 0.05) is 30.6 Å². The van der Waals surface area contributed by atoms with Crippen molar-refractivity contribution < 1.29 is 8.78 Å². The second-order valence-corrected chi connectivity index (χ2v) is 4.82. The maximum absolute atomic E-state index is 13.5. The lowest BCUT2D eigenvalue weighted by atomic mass is 9.91. The van der Waals surface area contributed by atoms with Crippen molar-refractivity contribution in [2.24, 2.45) is 0 Å². The van der Waals surface area contributed by atoms with E-state index in [4.69, 9.17) is 11.6 Å². The summed E-state index contributed by atoms with van der Waals surface area (Å²) in [6.45, 7) is 0.996. The highest BCUT2D eigenvalue weighted by Crippen LogP contribution is 2.27. The highest BCUT2D eigenvalue weighted by atomic mass is 35.5. The zero-order chi connectivity index (χ0) is 12.3. The van der Waals surface area contributed by atoms with Crippen LogP contribution in [0.3, 0.4) is 0 Å². The Labute approximate surface area is 105 Å². The van der Waals surface area contributed by atoms with Crippen LogP contribution >= 0.6 is 11.6 Å². The molecule has 1 nitrogen and oxygen atoms in total. The largest absolute Gasteiger partial charge is 0.295 e. The second-order valence-electron chi connectivity index (χ2n) is 4.44. The molecule has 1 aliphatic carbocycles. The van der Waals surface area contributed by atoms with Crippen LogP contribution < -0.4 is 0 Å². The first-order valence-electron chi connectivity index (χ1n) is 5.95. The number of nitrogens with zero attached hydrogens (tertiary/aromatic N) is 1. The Morgan fingerprint density at radius 2 is 1.88 bits per heavy atom. The quantitative estimate of drug-likeness (QED) is 0.731. The van der Waals surface area contributed by atoms with Crippen LogP contribution in [-0.4, -0.2) is 23.4 Å². The van der Waals surface area contributed by atoms with Crippen molar-refractivity contribution in [1.29, 1.82) is 0 Å². The summed E-state index contributed by atoms with van der Waals surface area (Å²) in [5, 5.41) is 0. The average Bonchev–Trinajstić information content (AvgIpc) is 2.21. The van der Waals surface area contributed by atoms with Crippen molar-refractivity contribution in [2.75, 3.05) is 12.4 Å². The molecule has 1 saturated carbocycles. The van der Waals surface area contributed by atoms with E-state index in [1.807, 2.05) is 0 Å². The van der Waals surface area contributed by atoms with E-state index in [0.717, 1.165) is 12.8 Å². The minimum Gasteiger partial charge on any atom is -0.295 e. The predicted molar refractivity (Wildman–Crippen MR) is 65.1 cm³/mol. The van der Waals surface area contributed by atoms with Crippen LogP contribution in [0.25, 0.3) is 0 Å². The van der Waals surface area contributed by atoms with Gasteiger partial charge in [0.05, 0.1) is 0 Å². The van der Waals surface area contributed by atoms with Crippen LogP contribution in [0.15, 0.2) is 18.2 Å². The maximum Gasteiger partial charge on any atom is 0.130 e. The van der Waals surface area contributed by atoms with E-state index in [1.54, 1.807) is 0 Å². The first-order chi connectivity index (χ1) is 8.22. The Morgan fingerprint density at radius 1 is 1.24 bits per heavy atom. The fourth-order valence-electron chi connectivity index (χ4n) is 2.14. The van der Waals surface area contributed by atoms with E-state index in [1.165, 1.54) is 24.6 Å². The molecule has 2 rings (SSSR count). The average molecular weight is 260 g/mol. The fraction of sp³-hybridized carbons (Fsp3) is 0.538. The van der Waals surface area contributed by atoms with E-state index < -0.39 is 11.6 Å². The molecule has 0 aliphatic heterocycles. The molecular formula is C13H16ClF2N. The standard InChI is InChI=1S/C13H16ClF2N/c14-7-8-17(10-3-1-4-10)9-11-12(15)5-2-6-13(11)16/h2,5-6,10H,1,3-4,7-9H2. The monoisotopic (exact) mass is 259 g/mol. The smallest absolute Gasteiger partial charge is 0.130 e. The van der Waals surface area contributed by atoms with E-state index >= 15 is 0 Å². The number of halogens is 3. The molecule has 0 bridgehead atoms. The minimum absolute atomic E-state index is 0.157. The topological polar surface area (TPSA) is 3.24 Å². The molecule has 17 heavy (non-hydrogen) atoms. The van der Waals surface area contributed by atoms with Gasteiger partial charge in [-0.2, -0.15) is 0 Å². The SMILES string of the molecule is Fc1cccc(F)c1CN(CCCl)C1CCC1. The lowest BCUT2D eigenvalue weighted by molar-refractivity contribution is 0.124. The lowest BCUT2D eigenvalue weighted by Crippen LogP contribution is -2.41. The highest BCUT2D eigenvalue weighted by Gasteiger charge is 2.25. The molecule has 94 valence electrons. The number of benzene rings is 1. The summed E-state index contributed by atoms with van der Waals surface area (Å²) in [7, 11) is 0. The molecule has 0 atom stereocenters. The van der Waals surface area contributed by atoms with Gasteiger partial charge in [0.1, 0.15) is 11.6 Å². The van der Waals surface area contributed by atoms with E-state index in [-0.39, 0.29) is 5.56 Å². The number of hydrogen-bond acceptors (Lipinski definition) is 1. The molecule has 0 spiro atoms. The predicted octanol–water partition coefficient (Wildman–Crippen LogP) is 3.56. The first-order valence-corrected chi connectivity index (χ1v) is 6.48. The molecule has 0 radical (unpaired) electrons. The van der Waals surface area contributed by atoms with Gasteiger partial charge in [0.15, 0.2) is 0 Å². The van der Waals surface area contributed by atoms with Crippen molar-refractivity contribution in [3.63, 3.8) is 0 Å². The van der Waals surface area contributed by atoms with Gasteiger partial charge in [-0.25, -0.2) is 8.78 Å². The molecule has 1 aliphatic rings. The van der Waals surface area contributed by atoms with Gasteiger partial charge in [0.25, 0.3) is 0 Å². The summed E-state index contributed by atoms with van der Waals surface area (Å²) in [6, 6.07) is 4.44. The zero-order valence-electron chi connectivity index (χ0n) is 9.63. The Balaban J connectivity index is 2.10. The van der Waals surface area contributed by atoms with Gasteiger partial charge in [-0.1, -0.05) is 12.5 Å². The van der Waals surface area contributed by atoms with Gasteiger partial charge in [-0.05, 0) is 25.0 Å². The van der Waals surface area contributed by atoms with E-state index in [9.17, 15) is 8.78 Å². The molecule has 0 unspecified atom stereocenters. The van der Waals surface area contributed by atoms with E-state index in [0.29, 0.717) is 25.0 Å². The second kappa shape index (κ2) is 5.78. The van der Waals surface area contributed by atoms with Crippen LogP contribution in [0.5, 0.6) is 0 Å². The Kier molecular flexibility index (Phi) is 4.35. The molecule has 0 saturated heterocycles. The highest BCUT2D eigenvalue weighted by molar-refractivity contribution is 6.18. The Bertz CT molecular complexity index is 359. The van der Waals surface area contributed by atoms with Gasteiger partial charge >= 0.3 is 0 Å². The van der Waals surface area contributed by atoms with Crippen molar-refractivity contribution in [1.82, 2.24) is 4.90 Å². The molecular weight excluding hydrogens is 244 g/mol. The first kappa shape index (κ1) is 12.8. The van der Waals surface area contributed by atoms with Crippen molar-refractivity contribution in [2.45, 2.75) is 31.8 Å². The van der Waals surface area contributed by atoms with Crippen LogP contribution in [0.2, 0.25) is 0 Å². The van der Waals surface area contributed by atoms with Crippen molar-refractivity contribution >= 4 is 11.6 Å². The summed E-state index contributed by atoms with van der Waals surface area (Å²) in [5.41, 5.74) is 0.157. The third-order valence-corrected chi connectivity index (χ3v) is 3.55. The van der Waals surface area contributed by atoms with Crippen molar-refractivity contribution in [3.05, 3.63) is 35.4 Å². The summed E-state index contributed by atoms with van der Waals surface area (Å²) in [6.07, 6.45) is 3.41. The molecule has 0 aromatic heterocycles. The summed E-state index contributed by atoms with van der Waals surface area (Å²) < 4.78 is 27.1. The Hall–Kier alpha value is -0.670. The molecule has 1 aromatic rings. The number of hydrogen-bond donors (Lipinski definition) is 0. The number of rotatable bonds is 5. The lowest BCUT2D eigenvalue weighted by Gasteiger charge is -2.37. The summed E-state index contributed by atoms with van der Waals surface area (Å²) >= 11 is 5.74. The molecule has 1 fully saturated rings. The third-order valence-electron chi connectivity index (χ3n) is 3.39. The van der Waals surface area contributed by atoms with Gasteiger partial charge in [-0.3, -0.25) is 4.90 Å². The third kappa shape index (κ3) is 2.96. The molecule has 0 amide bonds. The van der Waals surface area contributed by atoms with Gasteiger partial charge < -0.3 is 0 Å². The summed E-state index contributed by atoms with van der Waals surface area (Å²) in [4.78, 5) is 2.08. The Morgan fingerprint density at radius 3 is 2.35 bits per heavy atom. The van der Waals surface area contributed by atoms with Crippen molar-refractivity contribution in [3.8, 4) is 0 Å². The van der Waals surface area contributed by atoms with Crippen LogP contribution in [0, 0.1) is 11.6 Å². The van der Waals surface area contributed by atoms with Gasteiger partial charge in [0.2, 0.25) is 0 Å². The number of alkyl halides is 1. The van der Waals surface area contributed by atoms with Gasteiger partial charge in [-0.15, -0.1) is 11.6 Å². The van der Waals surface area contributed by atoms with E-state index in [2.05, 4.69) is 4.90 Å². The van der Waals surface area contributed by atoms with Crippen LogP contribution in [0.4, 0.5) is 8.78 Å². The minimum atomic E-state index is -0.469. The van der Waals surface area contributed by atoms with Crippen LogP contribution in [-0.2, 0) is 6.54 Å². The fourth-order valence-corrected chi connectivity index (χ4v) is 2.35. The maximum atomic E-state index is 13.5.